The standard InChI is InChI=1S/C11H14F3N3O2S.2ClH/c12-11(13,14)7-8(16-5-3-15-4-6-16)9-1-2-10(20-9)17(18)19;;/h1-2,8,15H,3-7H2;2*1H/t8-;;/m1../s1. The minimum Gasteiger partial charge on any atom is -0.314 e. The van der Waals surface area contributed by atoms with Crippen LogP contribution in [0.5, 0.6) is 0 Å². The molecule has 1 atom stereocenters. The van der Waals surface area contributed by atoms with Gasteiger partial charge in [0.05, 0.1) is 17.4 Å². The molecule has 0 saturated carbocycles. The van der Waals surface area contributed by atoms with Crippen molar-refractivity contribution < 1.29 is 18.1 Å². The Morgan fingerprint density at radius 1 is 1.32 bits per heavy atom. The molecule has 1 aliphatic heterocycles. The molecule has 1 aromatic rings. The molecule has 1 aromatic heterocycles. The summed E-state index contributed by atoms with van der Waals surface area (Å²) in [4.78, 5) is 12.2. The average molecular weight is 382 g/mol. The third-order valence-electron chi connectivity index (χ3n) is 3.14. The Morgan fingerprint density at radius 3 is 2.36 bits per heavy atom. The van der Waals surface area contributed by atoms with Crippen LogP contribution in [0.4, 0.5) is 18.2 Å². The first-order chi connectivity index (χ1) is 9.37. The second kappa shape index (κ2) is 8.88. The summed E-state index contributed by atoms with van der Waals surface area (Å²) in [7, 11) is 0. The molecule has 1 saturated heterocycles. The van der Waals surface area contributed by atoms with E-state index in [9.17, 15) is 23.3 Å². The second-order valence-electron chi connectivity index (χ2n) is 4.55. The van der Waals surface area contributed by atoms with Crippen LogP contribution in [-0.2, 0) is 0 Å². The molecule has 0 spiro atoms. The summed E-state index contributed by atoms with van der Waals surface area (Å²) < 4.78 is 38.2. The highest BCUT2D eigenvalue weighted by Crippen LogP contribution is 2.38. The normalized spacial score (nSPS) is 17.2. The van der Waals surface area contributed by atoms with Crippen molar-refractivity contribution in [3.05, 3.63) is 27.1 Å². The quantitative estimate of drug-likeness (QED) is 0.641. The maximum absolute atomic E-state index is 12.7. The van der Waals surface area contributed by atoms with Gasteiger partial charge in [-0.25, -0.2) is 0 Å². The van der Waals surface area contributed by atoms with E-state index in [1.54, 1.807) is 4.90 Å². The molecule has 2 rings (SSSR count). The van der Waals surface area contributed by atoms with Crippen molar-refractivity contribution in [1.82, 2.24) is 10.2 Å². The monoisotopic (exact) mass is 381 g/mol. The van der Waals surface area contributed by atoms with E-state index in [4.69, 9.17) is 0 Å². The highest BCUT2D eigenvalue weighted by Gasteiger charge is 2.37. The Bertz CT molecular complexity index is 481. The Labute approximate surface area is 141 Å². The highest BCUT2D eigenvalue weighted by atomic mass is 35.5. The largest absolute Gasteiger partial charge is 0.390 e. The molecule has 1 fully saturated rings. The van der Waals surface area contributed by atoms with Crippen molar-refractivity contribution in [3.8, 4) is 0 Å². The van der Waals surface area contributed by atoms with E-state index in [0.29, 0.717) is 31.1 Å². The molecule has 1 N–H and O–H groups in total. The summed E-state index contributed by atoms with van der Waals surface area (Å²) in [6, 6.07) is 1.86. The van der Waals surface area contributed by atoms with Gasteiger partial charge in [-0.1, -0.05) is 11.3 Å². The number of nitrogens with one attached hydrogen (secondary N) is 1. The van der Waals surface area contributed by atoms with Crippen LogP contribution in [0.15, 0.2) is 12.1 Å². The molecule has 11 heteroatoms. The lowest BCUT2D eigenvalue weighted by molar-refractivity contribution is -0.380. The molecule has 0 aromatic carbocycles. The third kappa shape index (κ3) is 5.88. The number of nitro groups is 1. The Kier molecular flexibility index (Phi) is 8.63. The zero-order chi connectivity index (χ0) is 14.8. The molecule has 2 heterocycles. The first-order valence-corrected chi connectivity index (χ1v) is 6.94. The van der Waals surface area contributed by atoms with E-state index < -0.39 is 23.6 Å². The maximum Gasteiger partial charge on any atom is 0.390 e. The van der Waals surface area contributed by atoms with Crippen LogP contribution in [0.25, 0.3) is 0 Å². The molecule has 0 amide bonds. The first-order valence-electron chi connectivity index (χ1n) is 6.12. The minimum atomic E-state index is -4.30. The number of thiophene rings is 1. The fourth-order valence-electron chi connectivity index (χ4n) is 2.24. The average Bonchev–Trinajstić information content (AvgIpc) is 2.85. The third-order valence-corrected chi connectivity index (χ3v) is 4.28. The van der Waals surface area contributed by atoms with Crippen molar-refractivity contribution in [2.75, 3.05) is 26.2 Å². The summed E-state index contributed by atoms with van der Waals surface area (Å²) in [5.74, 6) is 0. The van der Waals surface area contributed by atoms with E-state index in [0.717, 1.165) is 11.3 Å². The van der Waals surface area contributed by atoms with E-state index in [2.05, 4.69) is 5.32 Å². The lowest BCUT2D eigenvalue weighted by atomic mass is 10.1. The van der Waals surface area contributed by atoms with Crippen molar-refractivity contribution >= 4 is 41.2 Å². The number of halogens is 5. The lowest BCUT2D eigenvalue weighted by Crippen LogP contribution is -2.45. The van der Waals surface area contributed by atoms with E-state index in [1.165, 1.54) is 12.1 Å². The van der Waals surface area contributed by atoms with Gasteiger partial charge in [0.25, 0.3) is 0 Å². The number of hydrogen-bond acceptors (Lipinski definition) is 5. The van der Waals surface area contributed by atoms with Crippen LogP contribution in [0.3, 0.4) is 0 Å². The number of rotatable bonds is 4. The predicted molar refractivity (Wildman–Crippen MR) is 83.3 cm³/mol. The van der Waals surface area contributed by atoms with Gasteiger partial charge in [-0.2, -0.15) is 13.2 Å². The summed E-state index contributed by atoms with van der Waals surface area (Å²) in [6.45, 7) is 2.27. The van der Waals surface area contributed by atoms with Crippen LogP contribution < -0.4 is 5.32 Å². The zero-order valence-corrected chi connectivity index (χ0v) is 13.8. The van der Waals surface area contributed by atoms with Crippen LogP contribution in [0.2, 0.25) is 0 Å². The van der Waals surface area contributed by atoms with Gasteiger partial charge in [-0.15, -0.1) is 24.8 Å². The maximum atomic E-state index is 12.7. The predicted octanol–water partition coefficient (Wildman–Crippen LogP) is 3.40. The van der Waals surface area contributed by atoms with Gasteiger partial charge in [0, 0.05) is 37.1 Å². The molecule has 0 unspecified atom stereocenters. The summed E-state index contributed by atoms with van der Waals surface area (Å²) in [5.41, 5.74) is 0. The molecule has 0 radical (unpaired) electrons. The van der Waals surface area contributed by atoms with Gasteiger partial charge >= 0.3 is 11.2 Å². The fraction of sp³-hybridized carbons (Fsp3) is 0.636. The highest BCUT2D eigenvalue weighted by molar-refractivity contribution is 7.15. The number of hydrogen-bond donors (Lipinski definition) is 1. The SMILES string of the molecule is Cl.Cl.O=[N+]([O-])c1ccc([C@@H](CC(F)(F)F)N2CCNCC2)s1. The topological polar surface area (TPSA) is 58.4 Å². The van der Waals surface area contributed by atoms with Crippen LogP contribution >= 0.6 is 36.2 Å². The molecule has 128 valence electrons. The Morgan fingerprint density at radius 2 is 1.91 bits per heavy atom. The molecule has 1 aliphatic rings. The second-order valence-corrected chi connectivity index (χ2v) is 5.65. The summed E-state index contributed by atoms with van der Waals surface area (Å²) in [5, 5.41) is 13.6. The van der Waals surface area contributed by atoms with Gasteiger partial charge in [0.2, 0.25) is 0 Å². The van der Waals surface area contributed by atoms with Gasteiger partial charge in [0.1, 0.15) is 0 Å². The molecule has 5 nitrogen and oxygen atoms in total. The number of piperazine rings is 1. The van der Waals surface area contributed by atoms with E-state index in [-0.39, 0.29) is 29.8 Å². The minimum absolute atomic E-state index is 0. The molecule has 0 bridgehead atoms. The van der Waals surface area contributed by atoms with Gasteiger partial charge in [-0.05, 0) is 6.07 Å². The Hall–Kier alpha value is -0.610. The smallest absolute Gasteiger partial charge is 0.314 e. The molecular formula is C11H16Cl2F3N3O2S. The summed E-state index contributed by atoms with van der Waals surface area (Å²) in [6.07, 6.45) is -5.28. The fourth-order valence-corrected chi connectivity index (χ4v) is 3.20. The Balaban J connectivity index is 0.00000220. The van der Waals surface area contributed by atoms with Crippen LogP contribution in [0, 0.1) is 10.1 Å². The van der Waals surface area contributed by atoms with E-state index >= 15 is 0 Å². The molecular weight excluding hydrogens is 366 g/mol. The van der Waals surface area contributed by atoms with Gasteiger partial charge in [-0.3, -0.25) is 15.0 Å². The van der Waals surface area contributed by atoms with Crippen molar-refractivity contribution in [3.63, 3.8) is 0 Å². The van der Waals surface area contributed by atoms with Crippen molar-refractivity contribution in [2.45, 2.75) is 18.6 Å². The van der Waals surface area contributed by atoms with Crippen molar-refractivity contribution in [1.29, 1.82) is 0 Å². The van der Waals surface area contributed by atoms with Crippen LogP contribution in [-0.4, -0.2) is 42.2 Å². The molecule has 0 aliphatic carbocycles. The van der Waals surface area contributed by atoms with Crippen LogP contribution in [0.1, 0.15) is 17.3 Å². The van der Waals surface area contributed by atoms with Crippen molar-refractivity contribution in [2.24, 2.45) is 0 Å². The number of alkyl halides is 3. The van der Waals surface area contributed by atoms with E-state index in [1.807, 2.05) is 0 Å². The first kappa shape index (κ1) is 21.4. The zero-order valence-electron chi connectivity index (χ0n) is 11.3. The molecule has 22 heavy (non-hydrogen) atoms. The summed E-state index contributed by atoms with van der Waals surface area (Å²) >= 11 is 0.822. The van der Waals surface area contributed by atoms with Gasteiger partial charge < -0.3 is 5.32 Å². The van der Waals surface area contributed by atoms with Gasteiger partial charge in [0.15, 0.2) is 0 Å². The lowest BCUT2D eigenvalue weighted by Gasteiger charge is -2.34. The number of nitrogens with zero attached hydrogens (tertiary/aromatic N) is 2.